The van der Waals surface area contributed by atoms with Gasteiger partial charge in [0.2, 0.25) is 0 Å². The minimum absolute atomic E-state index is 0.0240. The number of amides is 1. The Hall–Kier alpha value is -4.57. The van der Waals surface area contributed by atoms with Crippen LogP contribution in [-0.2, 0) is 11.3 Å². The standard InChI is InChI=1S/C29H28N4O3/c1-21(2)14-16-36-26-12-10-22(11-13-26)28-24(20-33(32-28)25-7-4-3-5-8-25)17-23(18-30)29(34)31-19-27-9-6-15-35-27/h3-13,15,17,20-21H,14,16,19H2,1-2H3,(H,31,34)/b23-17-. The van der Waals surface area contributed by atoms with Crippen LogP contribution < -0.4 is 10.1 Å². The minimum Gasteiger partial charge on any atom is -0.494 e. The number of para-hydroxylation sites is 1. The second-order valence-corrected chi connectivity index (χ2v) is 8.70. The molecule has 7 heteroatoms. The molecule has 0 aliphatic heterocycles. The number of benzene rings is 2. The van der Waals surface area contributed by atoms with Crippen molar-refractivity contribution in [3.05, 3.63) is 96.1 Å². The number of carbonyl (C=O) groups excluding carboxylic acids is 1. The Morgan fingerprint density at radius 2 is 1.92 bits per heavy atom. The number of carbonyl (C=O) groups is 1. The lowest BCUT2D eigenvalue weighted by molar-refractivity contribution is -0.117. The molecule has 36 heavy (non-hydrogen) atoms. The van der Waals surface area contributed by atoms with E-state index in [0.29, 0.717) is 29.5 Å². The topological polar surface area (TPSA) is 93.1 Å². The predicted molar refractivity (Wildman–Crippen MR) is 138 cm³/mol. The van der Waals surface area contributed by atoms with Crippen molar-refractivity contribution in [2.45, 2.75) is 26.8 Å². The fourth-order valence-corrected chi connectivity index (χ4v) is 3.53. The lowest BCUT2D eigenvalue weighted by atomic mass is 10.1. The van der Waals surface area contributed by atoms with Crippen LogP contribution in [0.2, 0.25) is 0 Å². The van der Waals surface area contributed by atoms with Gasteiger partial charge in [-0.05, 0) is 66.9 Å². The van der Waals surface area contributed by atoms with E-state index >= 15 is 0 Å². The molecule has 1 N–H and O–H groups in total. The second-order valence-electron chi connectivity index (χ2n) is 8.70. The van der Waals surface area contributed by atoms with Gasteiger partial charge in [0.25, 0.3) is 5.91 Å². The monoisotopic (exact) mass is 480 g/mol. The molecule has 0 atom stereocenters. The summed E-state index contributed by atoms with van der Waals surface area (Å²) in [4.78, 5) is 12.7. The molecule has 182 valence electrons. The van der Waals surface area contributed by atoms with Gasteiger partial charge in [0.05, 0.1) is 30.8 Å². The van der Waals surface area contributed by atoms with Crippen LogP contribution in [0, 0.1) is 17.2 Å². The van der Waals surface area contributed by atoms with E-state index in [9.17, 15) is 10.1 Å². The molecule has 4 rings (SSSR count). The SMILES string of the molecule is CC(C)CCOc1ccc(-c2nn(-c3ccccc3)cc2/C=C(/C#N)C(=O)NCc2ccco2)cc1. The minimum atomic E-state index is -0.485. The quantitative estimate of drug-likeness (QED) is 0.229. The highest BCUT2D eigenvalue weighted by Gasteiger charge is 2.15. The molecule has 2 heterocycles. The first-order valence-electron chi connectivity index (χ1n) is 11.8. The molecule has 0 unspecified atom stereocenters. The van der Waals surface area contributed by atoms with Crippen LogP contribution >= 0.6 is 0 Å². The average Bonchev–Trinajstić information content (AvgIpc) is 3.57. The molecule has 0 radical (unpaired) electrons. The molecular weight excluding hydrogens is 452 g/mol. The number of rotatable bonds is 10. The van der Waals surface area contributed by atoms with Crippen LogP contribution in [0.4, 0.5) is 0 Å². The summed E-state index contributed by atoms with van der Waals surface area (Å²) in [5, 5.41) is 17.2. The molecule has 0 aliphatic carbocycles. The number of nitriles is 1. The lowest BCUT2D eigenvalue weighted by Crippen LogP contribution is -2.23. The van der Waals surface area contributed by atoms with Gasteiger partial charge in [-0.3, -0.25) is 4.79 Å². The highest BCUT2D eigenvalue weighted by atomic mass is 16.5. The zero-order valence-corrected chi connectivity index (χ0v) is 20.3. The number of ether oxygens (including phenoxy) is 1. The smallest absolute Gasteiger partial charge is 0.262 e. The van der Waals surface area contributed by atoms with Crippen molar-refractivity contribution >= 4 is 12.0 Å². The van der Waals surface area contributed by atoms with Gasteiger partial charge in [0.1, 0.15) is 23.2 Å². The summed E-state index contributed by atoms with van der Waals surface area (Å²) in [6.07, 6.45) is 5.89. The molecule has 2 aromatic carbocycles. The van der Waals surface area contributed by atoms with E-state index in [4.69, 9.17) is 14.3 Å². The summed E-state index contributed by atoms with van der Waals surface area (Å²) in [5.41, 5.74) is 2.99. The van der Waals surface area contributed by atoms with Crippen LogP contribution in [0.15, 0.2) is 89.2 Å². The van der Waals surface area contributed by atoms with Gasteiger partial charge in [-0.1, -0.05) is 32.0 Å². The van der Waals surface area contributed by atoms with Crippen molar-refractivity contribution in [1.29, 1.82) is 5.26 Å². The summed E-state index contributed by atoms with van der Waals surface area (Å²) in [6, 6.07) is 22.9. The van der Waals surface area contributed by atoms with E-state index < -0.39 is 5.91 Å². The van der Waals surface area contributed by atoms with Gasteiger partial charge in [-0.25, -0.2) is 4.68 Å². The van der Waals surface area contributed by atoms with Gasteiger partial charge in [-0.2, -0.15) is 10.4 Å². The molecule has 2 aromatic heterocycles. The molecule has 0 spiro atoms. The third-order valence-corrected chi connectivity index (χ3v) is 5.52. The number of aromatic nitrogens is 2. The summed E-state index contributed by atoms with van der Waals surface area (Å²) < 4.78 is 12.8. The van der Waals surface area contributed by atoms with Crippen LogP contribution in [-0.4, -0.2) is 22.3 Å². The van der Waals surface area contributed by atoms with Crippen molar-refractivity contribution in [3.63, 3.8) is 0 Å². The zero-order chi connectivity index (χ0) is 25.3. The van der Waals surface area contributed by atoms with Crippen molar-refractivity contribution < 1.29 is 13.9 Å². The number of hydrogen-bond donors (Lipinski definition) is 1. The number of hydrogen-bond acceptors (Lipinski definition) is 5. The van der Waals surface area contributed by atoms with E-state index in [1.165, 1.54) is 6.26 Å². The van der Waals surface area contributed by atoms with E-state index in [1.54, 1.807) is 22.9 Å². The highest BCUT2D eigenvalue weighted by Crippen LogP contribution is 2.28. The Morgan fingerprint density at radius 3 is 2.58 bits per heavy atom. The van der Waals surface area contributed by atoms with E-state index in [1.807, 2.05) is 66.9 Å². The van der Waals surface area contributed by atoms with Gasteiger partial charge in [0.15, 0.2) is 0 Å². The molecule has 1 amide bonds. The van der Waals surface area contributed by atoms with Crippen molar-refractivity contribution in [3.8, 4) is 28.8 Å². The molecule has 7 nitrogen and oxygen atoms in total. The molecule has 4 aromatic rings. The van der Waals surface area contributed by atoms with Crippen LogP contribution in [0.3, 0.4) is 0 Å². The van der Waals surface area contributed by atoms with E-state index in [-0.39, 0.29) is 12.1 Å². The Labute approximate surface area is 210 Å². The molecular formula is C29H28N4O3. The average molecular weight is 481 g/mol. The number of nitrogens with one attached hydrogen (secondary N) is 1. The summed E-state index contributed by atoms with van der Waals surface area (Å²) >= 11 is 0. The normalized spacial score (nSPS) is 11.3. The fraction of sp³-hybridized carbons (Fsp3) is 0.207. The molecule has 0 saturated carbocycles. The van der Waals surface area contributed by atoms with Gasteiger partial charge in [0, 0.05) is 17.3 Å². The second kappa shape index (κ2) is 11.7. The maximum Gasteiger partial charge on any atom is 0.262 e. The summed E-state index contributed by atoms with van der Waals surface area (Å²) in [6.45, 7) is 5.18. The van der Waals surface area contributed by atoms with E-state index in [0.717, 1.165) is 23.4 Å². The van der Waals surface area contributed by atoms with Crippen molar-refractivity contribution in [2.75, 3.05) is 6.61 Å². The Morgan fingerprint density at radius 1 is 1.14 bits per heavy atom. The van der Waals surface area contributed by atoms with Crippen LogP contribution in [0.5, 0.6) is 5.75 Å². The first-order valence-corrected chi connectivity index (χ1v) is 11.8. The predicted octanol–water partition coefficient (Wildman–Crippen LogP) is 5.78. The third-order valence-electron chi connectivity index (χ3n) is 5.52. The van der Waals surface area contributed by atoms with Gasteiger partial charge < -0.3 is 14.5 Å². The number of furan rings is 1. The largest absolute Gasteiger partial charge is 0.494 e. The van der Waals surface area contributed by atoms with Crippen LogP contribution in [0.25, 0.3) is 23.0 Å². The highest BCUT2D eigenvalue weighted by molar-refractivity contribution is 6.02. The maximum atomic E-state index is 12.7. The lowest BCUT2D eigenvalue weighted by Gasteiger charge is -2.08. The summed E-state index contributed by atoms with van der Waals surface area (Å²) in [5.74, 6) is 1.48. The molecule has 0 fully saturated rings. The fourth-order valence-electron chi connectivity index (χ4n) is 3.53. The zero-order valence-electron chi connectivity index (χ0n) is 20.3. The summed E-state index contributed by atoms with van der Waals surface area (Å²) in [7, 11) is 0. The first-order chi connectivity index (χ1) is 17.5. The number of nitrogens with zero attached hydrogens (tertiary/aromatic N) is 3. The molecule has 0 saturated heterocycles. The van der Waals surface area contributed by atoms with Crippen molar-refractivity contribution in [1.82, 2.24) is 15.1 Å². The Bertz CT molecular complexity index is 1350. The molecule has 0 bridgehead atoms. The maximum absolute atomic E-state index is 12.7. The van der Waals surface area contributed by atoms with E-state index in [2.05, 4.69) is 19.2 Å². The third kappa shape index (κ3) is 6.30. The first kappa shape index (κ1) is 24.6. The Balaban J connectivity index is 1.63. The van der Waals surface area contributed by atoms with Gasteiger partial charge in [-0.15, -0.1) is 0 Å². The Kier molecular flexibility index (Phi) is 7.99. The van der Waals surface area contributed by atoms with Crippen LogP contribution in [0.1, 0.15) is 31.6 Å². The van der Waals surface area contributed by atoms with Crippen molar-refractivity contribution in [2.24, 2.45) is 5.92 Å². The molecule has 0 aliphatic rings. The van der Waals surface area contributed by atoms with Gasteiger partial charge >= 0.3 is 0 Å².